The van der Waals surface area contributed by atoms with Gasteiger partial charge in [-0.05, 0) is 67.8 Å². The number of thiocarbonyl (C=S) groups is 1. The summed E-state index contributed by atoms with van der Waals surface area (Å²) in [4.78, 5) is 14.3. The van der Waals surface area contributed by atoms with Crippen molar-refractivity contribution in [3.63, 3.8) is 0 Å². The number of likely N-dealkylation sites (N-methyl/N-ethyl adjacent to an activating group) is 1. The number of hydrogen-bond acceptors (Lipinski definition) is 7. The minimum absolute atomic E-state index is 0.136. The molecule has 34 heavy (non-hydrogen) atoms. The number of aryl methyl sites for hydroxylation is 2. The van der Waals surface area contributed by atoms with Crippen LogP contribution in [0.3, 0.4) is 0 Å². The van der Waals surface area contributed by atoms with E-state index in [2.05, 4.69) is 13.8 Å². The first-order chi connectivity index (χ1) is 16.3. The van der Waals surface area contributed by atoms with E-state index < -0.39 is 0 Å². The molecular weight excluding hydrogens is 494 g/mol. The monoisotopic (exact) mass is 521 g/mol. The van der Waals surface area contributed by atoms with E-state index in [1.54, 1.807) is 25.3 Å². The van der Waals surface area contributed by atoms with E-state index in [1.807, 2.05) is 25.1 Å². The third-order valence-electron chi connectivity index (χ3n) is 5.06. The van der Waals surface area contributed by atoms with Crippen molar-refractivity contribution in [3.8, 4) is 17.2 Å². The molecule has 6 nitrogen and oxygen atoms in total. The Morgan fingerprint density at radius 2 is 1.76 bits per heavy atom. The first-order valence-electron chi connectivity index (χ1n) is 10.9. The van der Waals surface area contributed by atoms with E-state index in [0.29, 0.717) is 58.8 Å². The number of carbonyl (C=O) groups is 1. The fourth-order valence-electron chi connectivity index (χ4n) is 3.10. The Balaban J connectivity index is 1.52. The Labute approximate surface area is 215 Å². The molecule has 0 spiro atoms. The van der Waals surface area contributed by atoms with Crippen LogP contribution in [-0.2, 0) is 9.53 Å². The molecule has 0 unspecified atom stereocenters. The molecule has 0 atom stereocenters. The maximum absolute atomic E-state index is 12.3. The molecule has 182 valence electrons. The number of rotatable bonds is 11. The molecule has 0 bridgehead atoms. The largest absolute Gasteiger partial charge is 0.491 e. The molecule has 1 saturated heterocycles. The van der Waals surface area contributed by atoms with Crippen LogP contribution in [0.5, 0.6) is 17.2 Å². The molecule has 1 heterocycles. The normalized spacial score (nSPS) is 14.7. The number of thioether (sulfide) groups is 1. The van der Waals surface area contributed by atoms with Crippen molar-refractivity contribution in [2.75, 3.05) is 40.1 Å². The van der Waals surface area contributed by atoms with Gasteiger partial charge in [0.2, 0.25) is 0 Å². The zero-order chi connectivity index (χ0) is 24.7. The number of benzene rings is 2. The van der Waals surface area contributed by atoms with Crippen molar-refractivity contribution in [1.82, 2.24) is 4.90 Å². The van der Waals surface area contributed by atoms with Crippen LogP contribution in [-0.4, -0.2) is 55.2 Å². The van der Waals surface area contributed by atoms with Crippen molar-refractivity contribution >= 4 is 51.9 Å². The van der Waals surface area contributed by atoms with E-state index in [-0.39, 0.29) is 5.91 Å². The van der Waals surface area contributed by atoms with E-state index >= 15 is 0 Å². The topological polar surface area (TPSA) is 57.2 Å². The average Bonchev–Trinajstić information content (AvgIpc) is 3.03. The van der Waals surface area contributed by atoms with Crippen LogP contribution in [0.4, 0.5) is 0 Å². The highest BCUT2D eigenvalue weighted by Crippen LogP contribution is 2.39. The Kier molecular flexibility index (Phi) is 9.64. The minimum atomic E-state index is -0.136. The predicted molar refractivity (Wildman–Crippen MR) is 141 cm³/mol. The molecule has 0 saturated carbocycles. The van der Waals surface area contributed by atoms with Crippen LogP contribution in [0.1, 0.15) is 23.6 Å². The number of nitrogens with zero attached hydrogens (tertiary/aromatic N) is 1. The van der Waals surface area contributed by atoms with E-state index in [0.717, 1.165) is 11.3 Å². The highest BCUT2D eigenvalue weighted by atomic mass is 35.5. The van der Waals surface area contributed by atoms with Crippen LogP contribution in [0.2, 0.25) is 5.02 Å². The lowest BCUT2D eigenvalue weighted by atomic mass is 10.1. The van der Waals surface area contributed by atoms with Gasteiger partial charge in [0.05, 0.1) is 29.7 Å². The Bertz CT molecular complexity index is 1090. The van der Waals surface area contributed by atoms with Gasteiger partial charge in [-0.1, -0.05) is 41.6 Å². The summed E-state index contributed by atoms with van der Waals surface area (Å²) in [6.45, 7) is 8.02. The molecule has 0 radical (unpaired) electrons. The molecule has 0 aromatic heterocycles. The molecule has 2 aromatic rings. The van der Waals surface area contributed by atoms with Crippen molar-refractivity contribution in [1.29, 1.82) is 0 Å². The highest BCUT2D eigenvalue weighted by Gasteiger charge is 2.28. The number of hydrogen-bond donors (Lipinski definition) is 0. The Morgan fingerprint density at radius 3 is 2.41 bits per heavy atom. The van der Waals surface area contributed by atoms with Gasteiger partial charge in [-0.2, -0.15) is 0 Å². The predicted octanol–water partition coefficient (Wildman–Crippen LogP) is 5.66. The highest BCUT2D eigenvalue weighted by molar-refractivity contribution is 8.26. The second-order valence-corrected chi connectivity index (χ2v) is 9.64. The van der Waals surface area contributed by atoms with Crippen molar-refractivity contribution in [2.24, 2.45) is 0 Å². The quantitative estimate of drug-likeness (QED) is 0.215. The van der Waals surface area contributed by atoms with E-state index in [4.69, 9.17) is 42.8 Å². The van der Waals surface area contributed by atoms with Gasteiger partial charge in [0.15, 0.2) is 11.5 Å². The molecule has 2 aromatic carbocycles. The third kappa shape index (κ3) is 6.88. The summed E-state index contributed by atoms with van der Waals surface area (Å²) >= 11 is 12.9. The average molecular weight is 522 g/mol. The molecule has 1 aliphatic heterocycles. The van der Waals surface area contributed by atoms with Gasteiger partial charge in [-0.15, -0.1) is 0 Å². The summed E-state index contributed by atoms with van der Waals surface area (Å²) in [5.74, 6) is 1.64. The van der Waals surface area contributed by atoms with E-state index in [9.17, 15) is 4.79 Å². The second-order valence-electron chi connectivity index (χ2n) is 7.56. The number of amides is 1. The van der Waals surface area contributed by atoms with Gasteiger partial charge in [0.1, 0.15) is 23.3 Å². The minimum Gasteiger partial charge on any atom is -0.491 e. The number of ether oxygens (including phenoxy) is 4. The SMILES string of the molecule is CCOc1cc(/C=C2/SC(=S)N(C)C2=O)cc(Cl)c1OCCOCCOc1ccc(C)c(C)c1. The summed E-state index contributed by atoms with van der Waals surface area (Å²) in [5.41, 5.74) is 3.16. The summed E-state index contributed by atoms with van der Waals surface area (Å²) in [7, 11) is 1.66. The smallest absolute Gasteiger partial charge is 0.265 e. The lowest BCUT2D eigenvalue weighted by Crippen LogP contribution is -2.22. The number of carbonyl (C=O) groups excluding carboxylic acids is 1. The standard InChI is InChI=1S/C25H28ClNO5S2/c1-5-30-21-14-18(15-22-24(28)27(4)25(33)34-22)13-20(26)23(21)32-11-9-29-8-10-31-19-7-6-16(2)17(3)12-19/h6-7,12-15H,5,8-11H2,1-4H3/b22-15+. The zero-order valence-electron chi connectivity index (χ0n) is 19.7. The molecule has 0 N–H and O–H groups in total. The lowest BCUT2D eigenvalue weighted by molar-refractivity contribution is -0.121. The maximum Gasteiger partial charge on any atom is 0.265 e. The first-order valence-corrected chi connectivity index (χ1v) is 12.5. The fraction of sp³-hybridized carbons (Fsp3) is 0.360. The fourth-order valence-corrected chi connectivity index (χ4v) is 4.55. The molecule has 1 fully saturated rings. The van der Waals surface area contributed by atoms with Gasteiger partial charge < -0.3 is 18.9 Å². The van der Waals surface area contributed by atoms with Gasteiger partial charge in [-0.25, -0.2) is 0 Å². The van der Waals surface area contributed by atoms with E-state index in [1.165, 1.54) is 27.8 Å². The van der Waals surface area contributed by atoms with Gasteiger partial charge in [0.25, 0.3) is 5.91 Å². The Morgan fingerprint density at radius 1 is 1.03 bits per heavy atom. The molecule has 1 amide bonds. The van der Waals surface area contributed by atoms with Crippen molar-refractivity contribution in [2.45, 2.75) is 20.8 Å². The van der Waals surface area contributed by atoms with Gasteiger partial charge >= 0.3 is 0 Å². The molecule has 1 aliphatic rings. The third-order valence-corrected chi connectivity index (χ3v) is 6.83. The van der Waals surface area contributed by atoms with Crippen LogP contribution in [0.25, 0.3) is 6.08 Å². The summed E-state index contributed by atoms with van der Waals surface area (Å²) in [6.07, 6.45) is 1.75. The molecule has 0 aliphatic carbocycles. The second kappa shape index (κ2) is 12.4. The molecule has 9 heteroatoms. The van der Waals surface area contributed by atoms with Crippen molar-refractivity contribution in [3.05, 3.63) is 56.9 Å². The van der Waals surface area contributed by atoms with Crippen molar-refractivity contribution < 1.29 is 23.7 Å². The zero-order valence-corrected chi connectivity index (χ0v) is 22.1. The number of halogens is 1. The van der Waals surface area contributed by atoms with Crippen LogP contribution in [0, 0.1) is 13.8 Å². The lowest BCUT2D eigenvalue weighted by Gasteiger charge is -2.15. The first kappa shape index (κ1) is 26.3. The summed E-state index contributed by atoms with van der Waals surface area (Å²) in [6, 6.07) is 9.54. The van der Waals surface area contributed by atoms with Crippen LogP contribution >= 0.6 is 35.6 Å². The summed E-state index contributed by atoms with van der Waals surface area (Å²) < 4.78 is 23.4. The molecular formula is C25H28ClNO5S2. The molecule has 3 rings (SSSR count). The van der Waals surface area contributed by atoms with Crippen LogP contribution in [0.15, 0.2) is 35.2 Å². The Hall–Kier alpha value is -2.26. The van der Waals surface area contributed by atoms with Gasteiger partial charge in [0, 0.05) is 7.05 Å². The van der Waals surface area contributed by atoms with Gasteiger partial charge in [-0.3, -0.25) is 9.69 Å². The van der Waals surface area contributed by atoms with Crippen LogP contribution < -0.4 is 14.2 Å². The maximum atomic E-state index is 12.3. The summed E-state index contributed by atoms with van der Waals surface area (Å²) in [5, 5.41) is 0.391.